The van der Waals surface area contributed by atoms with E-state index >= 15 is 0 Å². The molecule has 1 aliphatic heterocycles. The Morgan fingerprint density at radius 2 is 1.88 bits per heavy atom. The molecule has 0 unspecified atom stereocenters. The lowest BCUT2D eigenvalue weighted by Crippen LogP contribution is -2.41. The second kappa shape index (κ2) is 9.71. The minimum Gasteiger partial charge on any atom is -0.494 e. The summed E-state index contributed by atoms with van der Waals surface area (Å²) in [5, 5.41) is 0.806. The second-order valence-corrected chi connectivity index (χ2v) is 8.89. The zero-order valence-corrected chi connectivity index (χ0v) is 19.4. The van der Waals surface area contributed by atoms with Crippen molar-refractivity contribution < 1.29 is 13.9 Å². The van der Waals surface area contributed by atoms with E-state index in [0.717, 1.165) is 49.9 Å². The number of carbonyl (C=O) groups is 1. The number of likely N-dealkylation sites (tertiary alicyclic amines) is 1. The fraction of sp³-hybridized carbons (Fsp3) is 0.370. The van der Waals surface area contributed by atoms with Gasteiger partial charge in [0.2, 0.25) is 11.5 Å². The smallest absolute Gasteiger partial charge is 0.297 e. The molecule has 1 saturated heterocycles. The standard InChI is InChI=1S/C27H29N3O4/c1-2-33-21-11-9-19(10-12-21)7-8-20-13-15-29(16-14-20)24(31)17-30-18-28-25-22-5-3-4-6-23(22)34-26(25)27(30)32/h3-6,9-12,18,20H,2,7-8,13-17H2,1H3. The van der Waals surface area contributed by atoms with Crippen LogP contribution in [0.1, 0.15) is 31.7 Å². The Kier molecular flexibility index (Phi) is 6.34. The van der Waals surface area contributed by atoms with Gasteiger partial charge in [0.1, 0.15) is 23.4 Å². The van der Waals surface area contributed by atoms with Gasteiger partial charge in [-0.15, -0.1) is 0 Å². The van der Waals surface area contributed by atoms with Gasteiger partial charge in [-0.3, -0.25) is 14.2 Å². The number of hydrogen-bond donors (Lipinski definition) is 0. The largest absolute Gasteiger partial charge is 0.494 e. The summed E-state index contributed by atoms with van der Waals surface area (Å²) >= 11 is 0. The van der Waals surface area contributed by atoms with E-state index in [1.54, 1.807) is 0 Å². The summed E-state index contributed by atoms with van der Waals surface area (Å²) in [5.41, 5.74) is 2.36. The zero-order valence-electron chi connectivity index (χ0n) is 19.4. The van der Waals surface area contributed by atoms with Gasteiger partial charge in [-0.05, 0) is 68.4 Å². The van der Waals surface area contributed by atoms with Gasteiger partial charge in [-0.1, -0.05) is 24.3 Å². The van der Waals surface area contributed by atoms with Crippen LogP contribution >= 0.6 is 0 Å². The number of nitrogens with zero attached hydrogens (tertiary/aromatic N) is 3. The topological polar surface area (TPSA) is 77.6 Å². The highest BCUT2D eigenvalue weighted by atomic mass is 16.5. The molecule has 1 aliphatic rings. The van der Waals surface area contributed by atoms with E-state index in [4.69, 9.17) is 9.15 Å². The van der Waals surface area contributed by atoms with E-state index in [0.29, 0.717) is 23.6 Å². The van der Waals surface area contributed by atoms with Gasteiger partial charge in [0, 0.05) is 18.5 Å². The van der Waals surface area contributed by atoms with Gasteiger partial charge < -0.3 is 14.1 Å². The minimum atomic E-state index is -0.320. The van der Waals surface area contributed by atoms with Crippen molar-refractivity contribution in [3.63, 3.8) is 0 Å². The van der Waals surface area contributed by atoms with Crippen LogP contribution in [-0.2, 0) is 17.8 Å². The third-order valence-corrected chi connectivity index (χ3v) is 6.70. The van der Waals surface area contributed by atoms with Crippen molar-refractivity contribution in [1.82, 2.24) is 14.5 Å². The molecule has 4 aromatic rings. The Morgan fingerprint density at radius 1 is 1.12 bits per heavy atom. The van der Waals surface area contributed by atoms with E-state index < -0.39 is 0 Å². The zero-order chi connectivity index (χ0) is 23.5. The molecular formula is C27H29N3O4. The molecule has 0 aliphatic carbocycles. The molecule has 34 heavy (non-hydrogen) atoms. The van der Waals surface area contributed by atoms with Crippen LogP contribution in [0, 0.1) is 5.92 Å². The number of aryl methyl sites for hydroxylation is 1. The van der Waals surface area contributed by atoms with Gasteiger partial charge in [0.25, 0.3) is 5.56 Å². The Morgan fingerprint density at radius 3 is 2.65 bits per heavy atom. The SMILES string of the molecule is CCOc1ccc(CCC2CCN(C(=O)Cn3cnc4c(oc5ccccc54)c3=O)CC2)cc1. The molecule has 2 aromatic carbocycles. The number of furan rings is 1. The normalized spacial score (nSPS) is 14.7. The summed E-state index contributed by atoms with van der Waals surface area (Å²) in [6.07, 6.45) is 5.57. The van der Waals surface area contributed by atoms with Crippen molar-refractivity contribution in [3.05, 3.63) is 70.8 Å². The van der Waals surface area contributed by atoms with E-state index in [9.17, 15) is 9.59 Å². The van der Waals surface area contributed by atoms with E-state index in [1.165, 1.54) is 16.5 Å². The quantitative estimate of drug-likeness (QED) is 0.409. The summed E-state index contributed by atoms with van der Waals surface area (Å²) in [6, 6.07) is 15.8. The fourth-order valence-electron chi connectivity index (χ4n) is 4.73. The number of piperidine rings is 1. The van der Waals surface area contributed by atoms with Gasteiger partial charge in [-0.25, -0.2) is 4.98 Å². The minimum absolute atomic E-state index is 0.0182. The molecule has 1 amide bonds. The molecule has 176 valence electrons. The summed E-state index contributed by atoms with van der Waals surface area (Å²) in [5.74, 6) is 1.46. The molecule has 7 nitrogen and oxygen atoms in total. The lowest BCUT2D eigenvalue weighted by atomic mass is 9.90. The van der Waals surface area contributed by atoms with Crippen LogP contribution in [0.3, 0.4) is 0 Å². The Balaban J connectivity index is 1.16. The van der Waals surface area contributed by atoms with Gasteiger partial charge >= 0.3 is 0 Å². The first-order chi connectivity index (χ1) is 16.6. The highest BCUT2D eigenvalue weighted by molar-refractivity contribution is 6.01. The van der Waals surface area contributed by atoms with Crippen LogP contribution in [0.25, 0.3) is 22.1 Å². The molecule has 0 N–H and O–H groups in total. The molecule has 0 atom stereocenters. The number of ether oxygens (including phenoxy) is 1. The van der Waals surface area contributed by atoms with Crippen molar-refractivity contribution in [1.29, 1.82) is 0 Å². The fourth-order valence-corrected chi connectivity index (χ4v) is 4.73. The molecule has 0 saturated carbocycles. The number of para-hydroxylation sites is 1. The van der Waals surface area contributed by atoms with E-state index in [-0.39, 0.29) is 23.6 Å². The molecule has 0 spiro atoms. The molecule has 2 aromatic heterocycles. The molecule has 1 fully saturated rings. The first-order valence-electron chi connectivity index (χ1n) is 12.0. The average Bonchev–Trinajstić information content (AvgIpc) is 3.25. The Hall–Kier alpha value is -3.61. The summed E-state index contributed by atoms with van der Waals surface area (Å²) in [4.78, 5) is 32.1. The van der Waals surface area contributed by atoms with Crippen LogP contribution in [0.4, 0.5) is 0 Å². The van der Waals surface area contributed by atoms with E-state index in [1.807, 2.05) is 48.2 Å². The highest BCUT2D eigenvalue weighted by Crippen LogP contribution is 2.25. The third-order valence-electron chi connectivity index (χ3n) is 6.70. The Bertz CT molecular complexity index is 1350. The monoisotopic (exact) mass is 459 g/mol. The Labute approximate surface area is 198 Å². The van der Waals surface area contributed by atoms with E-state index in [2.05, 4.69) is 17.1 Å². The van der Waals surface area contributed by atoms with Crippen molar-refractivity contribution >= 4 is 28.0 Å². The van der Waals surface area contributed by atoms with Crippen molar-refractivity contribution in [2.75, 3.05) is 19.7 Å². The predicted octanol–water partition coefficient (Wildman–Crippen LogP) is 4.41. The first-order valence-corrected chi connectivity index (χ1v) is 12.0. The summed E-state index contributed by atoms with van der Waals surface area (Å²) in [6.45, 7) is 4.09. The van der Waals surface area contributed by atoms with Crippen LogP contribution in [0.2, 0.25) is 0 Å². The van der Waals surface area contributed by atoms with Gasteiger partial charge in [0.05, 0.1) is 12.9 Å². The molecular weight excluding hydrogens is 430 g/mol. The first kappa shape index (κ1) is 22.2. The number of rotatable bonds is 7. The molecule has 0 radical (unpaired) electrons. The van der Waals surface area contributed by atoms with Crippen LogP contribution in [-0.4, -0.2) is 40.1 Å². The van der Waals surface area contributed by atoms with Crippen molar-refractivity contribution in [2.24, 2.45) is 5.92 Å². The number of hydrogen-bond acceptors (Lipinski definition) is 5. The number of benzene rings is 2. The van der Waals surface area contributed by atoms with Gasteiger partial charge in [0.15, 0.2) is 0 Å². The van der Waals surface area contributed by atoms with Crippen LogP contribution in [0.15, 0.2) is 64.1 Å². The number of aromatic nitrogens is 2. The summed E-state index contributed by atoms with van der Waals surface area (Å²) in [7, 11) is 0. The number of amides is 1. The molecule has 5 rings (SSSR count). The van der Waals surface area contributed by atoms with Crippen LogP contribution < -0.4 is 10.3 Å². The maximum Gasteiger partial charge on any atom is 0.297 e. The highest BCUT2D eigenvalue weighted by Gasteiger charge is 2.23. The maximum absolute atomic E-state index is 12.9. The lowest BCUT2D eigenvalue weighted by Gasteiger charge is -2.32. The van der Waals surface area contributed by atoms with Gasteiger partial charge in [-0.2, -0.15) is 0 Å². The molecule has 7 heteroatoms. The third kappa shape index (κ3) is 4.55. The maximum atomic E-state index is 12.9. The lowest BCUT2D eigenvalue weighted by molar-refractivity contribution is -0.133. The molecule has 0 bridgehead atoms. The van der Waals surface area contributed by atoms with Crippen molar-refractivity contribution in [3.8, 4) is 5.75 Å². The summed E-state index contributed by atoms with van der Waals surface area (Å²) < 4.78 is 12.6. The van der Waals surface area contributed by atoms with Crippen LogP contribution in [0.5, 0.6) is 5.75 Å². The van der Waals surface area contributed by atoms with Crippen molar-refractivity contribution in [2.45, 2.75) is 39.2 Å². The average molecular weight is 460 g/mol. The second-order valence-electron chi connectivity index (χ2n) is 8.89. The molecule has 3 heterocycles. The predicted molar refractivity (Wildman–Crippen MR) is 131 cm³/mol. The number of carbonyl (C=O) groups excluding carboxylic acids is 1. The number of fused-ring (bicyclic) bond motifs is 3.